The molecule has 2 aromatic carbocycles. The molecule has 1 atom stereocenters. The predicted octanol–water partition coefficient (Wildman–Crippen LogP) is 3.68. The van der Waals surface area contributed by atoms with E-state index >= 15 is 0 Å². The Labute approximate surface area is 155 Å². The number of amides is 1. The average molecular weight is 366 g/mol. The maximum absolute atomic E-state index is 12.1. The third-order valence-electron chi connectivity index (χ3n) is 4.51. The molecule has 2 N–H and O–H groups in total. The summed E-state index contributed by atoms with van der Waals surface area (Å²) in [6, 6.07) is 14.7. The van der Waals surface area contributed by atoms with Gasteiger partial charge in [-0.2, -0.15) is 0 Å². The summed E-state index contributed by atoms with van der Waals surface area (Å²) in [5, 5.41) is 14.7. The second kappa shape index (κ2) is 8.25. The van der Waals surface area contributed by atoms with E-state index in [1.807, 2.05) is 48.5 Å². The lowest BCUT2D eigenvalue weighted by molar-refractivity contribution is -0.139. The largest absolute Gasteiger partial charge is 0.480 e. The second-order valence-electron chi connectivity index (χ2n) is 6.10. The predicted molar refractivity (Wildman–Crippen MR) is 98.3 cm³/mol. The topological polar surface area (TPSA) is 124 Å². The molecule has 1 aliphatic rings. The lowest BCUT2D eigenvalue weighted by atomic mass is 9.98. The number of benzene rings is 2. The standard InChI is InChI=1S/C19H18N4O4/c20-23-21-10-9-17(18(24)25)22-19(26)27-11-16-14-7-3-1-5-12(14)13-6-2-4-8-15(13)16/h1-8,16-17H,9-11H2,(H,22,26)(H,24,25)/t17-/m1/s1. The molecule has 1 amide bonds. The van der Waals surface area contributed by atoms with E-state index in [4.69, 9.17) is 15.4 Å². The fraction of sp³-hybridized carbons (Fsp3) is 0.263. The Kier molecular flexibility index (Phi) is 5.58. The van der Waals surface area contributed by atoms with Gasteiger partial charge in [0.2, 0.25) is 0 Å². The van der Waals surface area contributed by atoms with Crippen LogP contribution in [0.3, 0.4) is 0 Å². The van der Waals surface area contributed by atoms with E-state index in [0.717, 1.165) is 22.3 Å². The second-order valence-corrected chi connectivity index (χ2v) is 6.10. The first kappa shape index (κ1) is 18.3. The van der Waals surface area contributed by atoms with Gasteiger partial charge in [-0.05, 0) is 34.2 Å². The fourth-order valence-corrected chi connectivity index (χ4v) is 3.27. The van der Waals surface area contributed by atoms with Gasteiger partial charge < -0.3 is 15.2 Å². The van der Waals surface area contributed by atoms with Crippen molar-refractivity contribution < 1.29 is 19.4 Å². The number of fused-ring (bicyclic) bond motifs is 3. The summed E-state index contributed by atoms with van der Waals surface area (Å²) in [4.78, 5) is 25.8. The lowest BCUT2D eigenvalue weighted by Gasteiger charge is -2.17. The van der Waals surface area contributed by atoms with Crippen LogP contribution >= 0.6 is 0 Å². The molecular formula is C19H18N4O4. The first-order valence-corrected chi connectivity index (χ1v) is 8.47. The van der Waals surface area contributed by atoms with E-state index in [0.29, 0.717) is 0 Å². The summed E-state index contributed by atoms with van der Waals surface area (Å²) < 4.78 is 5.31. The van der Waals surface area contributed by atoms with Crippen LogP contribution in [0.4, 0.5) is 4.79 Å². The summed E-state index contributed by atoms with van der Waals surface area (Å²) in [5.41, 5.74) is 12.6. The molecule has 8 nitrogen and oxygen atoms in total. The van der Waals surface area contributed by atoms with Crippen molar-refractivity contribution in [2.45, 2.75) is 18.4 Å². The van der Waals surface area contributed by atoms with Crippen molar-refractivity contribution in [2.75, 3.05) is 13.2 Å². The monoisotopic (exact) mass is 366 g/mol. The first-order valence-electron chi connectivity index (χ1n) is 8.47. The van der Waals surface area contributed by atoms with Crippen LogP contribution in [0.2, 0.25) is 0 Å². The average Bonchev–Trinajstić information content (AvgIpc) is 2.99. The molecule has 2 aromatic rings. The number of nitrogens with one attached hydrogen (secondary N) is 1. The summed E-state index contributed by atoms with van der Waals surface area (Å²) in [6.45, 7) is 0.0691. The molecule has 0 heterocycles. The Morgan fingerprint density at radius 2 is 1.74 bits per heavy atom. The van der Waals surface area contributed by atoms with E-state index in [1.165, 1.54) is 0 Å². The normalized spacial score (nSPS) is 13.0. The number of hydrogen-bond acceptors (Lipinski definition) is 4. The van der Waals surface area contributed by atoms with Gasteiger partial charge in [-0.3, -0.25) is 0 Å². The molecule has 0 saturated heterocycles. The number of carbonyl (C=O) groups excluding carboxylic acids is 1. The number of carboxylic acid groups (broad SMARTS) is 1. The number of rotatable bonds is 7. The van der Waals surface area contributed by atoms with Crippen LogP contribution in [0.1, 0.15) is 23.5 Å². The van der Waals surface area contributed by atoms with E-state index in [9.17, 15) is 9.59 Å². The van der Waals surface area contributed by atoms with Gasteiger partial charge in [0.05, 0.1) is 0 Å². The highest BCUT2D eigenvalue weighted by molar-refractivity contribution is 5.81. The van der Waals surface area contributed by atoms with Crippen LogP contribution in [0, 0.1) is 0 Å². The highest BCUT2D eigenvalue weighted by Gasteiger charge is 2.29. The summed E-state index contributed by atoms with van der Waals surface area (Å²) in [6.07, 6.45) is -0.825. The quantitative estimate of drug-likeness (QED) is 0.440. The number of ether oxygens (including phenoxy) is 1. The van der Waals surface area contributed by atoms with Gasteiger partial charge in [0, 0.05) is 17.4 Å². The van der Waals surface area contributed by atoms with Crippen molar-refractivity contribution in [1.82, 2.24) is 5.32 Å². The van der Waals surface area contributed by atoms with E-state index < -0.39 is 18.1 Å². The summed E-state index contributed by atoms with van der Waals surface area (Å²) in [5.74, 6) is -1.31. The molecule has 8 heteroatoms. The summed E-state index contributed by atoms with van der Waals surface area (Å²) >= 11 is 0. The highest BCUT2D eigenvalue weighted by Crippen LogP contribution is 2.44. The van der Waals surface area contributed by atoms with Gasteiger partial charge >= 0.3 is 12.1 Å². The Bertz CT molecular complexity index is 863. The van der Waals surface area contributed by atoms with E-state index in [1.54, 1.807) is 0 Å². The van der Waals surface area contributed by atoms with E-state index in [2.05, 4.69) is 15.3 Å². The fourth-order valence-electron chi connectivity index (χ4n) is 3.27. The lowest BCUT2D eigenvalue weighted by Crippen LogP contribution is -2.41. The van der Waals surface area contributed by atoms with Gasteiger partial charge in [-0.25, -0.2) is 9.59 Å². The Morgan fingerprint density at radius 1 is 1.15 bits per heavy atom. The number of aliphatic carboxylic acids is 1. The molecule has 0 spiro atoms. The van der Waals surface area contributed by atoms with Crippen LogP contribution in [-0.2, 0) is 9.53 Å². The molecule has 0 saturated carbocycles. The van der Waals surface area contributed by atoms with Gasteiger partial charge in [0.15, 0.2) is 0 Å². The summed E-state index contributed by atoms with van der Waals surface area (Å²) in [7, 11) is 0. The molecular weight excluding hydrogens is 348 g/mol. The minimum atomic E-state index is -1.21. The molecule has 27 heavy (non-hydrogen) atoms. The van der Waals surface area contributed by atoms with Crippen molar-refractivity contribution in [1.29, 1.82) is 0 Å². The van der Waals surface area contributed by atoms with Gasteiger partial charge in [0.25, 0.3) is 0 Å². The molecule has 1 aliphatic carbocycles. The van der Waals surface area contributed by atoms with Gasteiger partial charge in [-0.15, -0.1) is 0 Å². The van der Waals surface area contributed by atoms with Gasteiger partial charge in [0.1, 0.15) is 12.6 Å². The number of carbonyl (C=O) groups is 2. The van der Waals surface area contributed by atoms with Gasteiger partial charge in [-0.1, -0.05) is 53.6 Å². The number of hydrogen-bond donors (Lipinski definition) is 2. The minimum absolute atomic E-state index is 0.0103. The Hall–Kier alpha value is -3.51. The van der Waals surface area contributed by atoms with Crippen molar-refractivity contribution in [3.05, 3.63) is 70.1 Å². The molecule has 138 valence electrons. The third kappa shape index (κ3) is 4.02. The molecule has 0 unspecified atom stereocenters. The highest BCUT2D eigenvalue weighted by atomic mass is 16.5. The maximum Gasteiger partial charge on any atom is 0.407 e. The van der Waals surface area contributed by atoms with Crippen molar-refractivity contribution in [3.63, 3.8) is 0 Å². The zero-order chi connectivity index (χ0) is 19.2. The van der Waals surface area contributed by atoms with Crippen LogP contribution in [-0.4, -0.2) is 36.4 Å². The number of azide groups is 1. The zero-order valence-electron chi connectivity index (χ0n) is 14.4. The van der Waals surface area contributed by atoms with Crippen LogP contribution < -0.4 is 5.32 Å². The SMILES string of the molecule is [N-]=[N+]=NCC[C@@H](NC(=O)OCC1c2ccccc2-c2ccccc21)C(=O)O. The molecule has 0 aliphatic heterocycles. The van der Waals surface area contributed by atoms with E-state index in [-0.39, 0.29) is 25.5 Å². The van der Waals surface area contributed by atoms with Crippen LogP contribution in [0.15, 0.2) is 53.6 Å². The Morgan fingerprint density at radius 3 is 2.30 bits per heavy atom. The van der Waals surface area contributed by atoms with Crippen molar-refractivity contribution in [3.8, 4) is 11.1 Å². The van der Waals surface area contributed by atoms with Crippen LogP contribution in [0.25, 0.3) is 21.6 Å². The number of alkyl carbamates (subject to hydrolysis) is 1. The molecule has 0 aromatic heterocycles. The van der Waals surface area contributed by atoms with Crippen molar-refractivity contribution in [2.24, 2.45) is 5.11 Å². The first-order chi connectivity index (χ1) is 13.1. The third-order valence-corrected chi connectivity index (χ3v) is 4.51. The molecule has 0 radical (unpaired) electrons. The molecule has 0 bridgehead atoms. The molecule has 0 fully saturated rings. The Balaban J connectivity index is 1.66. The number of carboxylic acids is 1. The van der Waals surface area contributed by atoms with Crippen LogP contribution in [0.5, 0.6) is 0 Å². The zero-order valence-corrected chi connectivity index (χ0v) is 14.4. The molecule has 3 rings (SSSR count). The minimum Gasteiger partial charge on any atom is -0.480 e. The number of nitrogens with zero attached hydrogens (tertiary/aromatic N) is 3. The smallest absolute Gasteiger partial charge is 0.407 e. The van der Waals surface area contributed by atoms with Crippen molar-refractivity contribution >= 4 is 12.1 Å². The maximum atomic E-state index is 12.1.